The van der Waals surface area contributed by atoms with Crippen molar-refractivity contribution in [2.24, 2.45) is 5.92 Å². The summed E-state index contributed by atoms with van der Waals surface area (Å²) in [5.41, 5.74) is 3.30. The highest BCUT2D eigenvalue weighted by Crippen LogP contribution is 2.22. The van der Waals surface area contributed by atoms with Crippen LogP contribution in [0, 0.1) is 12.8 Å². The van der Waals surface area contributed by atoms with Crippen LogP contribution in [0.15, 0.2) is 53.3 Å². The Kier molecular flexibility index (Phi) is 5.21. The highest BCUT2D eigenvalue weighted by Gasteiger charge is 2.26. The monoisotopic (exact) mass is 363 g/mol. The van der Waals surface area contributed by atoms with Gasteiger partial charge < -0.3 is 9.73 Å². The zero-order valence-corrected chi connectivity index (χ0v) is 15.6. The second-order valence-electron chi connectivity index (χ2n) is 7.30. The van der Waals surface area contributed by atoms with Crippen LogP contribution in [0.1, 0.15) is 29.7 Å². The summed E-state index contributed by atoms with van der Waals surface area (Å²) in [7, 11) is 0. The number of aromatic nitrogens is 1. The molecule has 4 rings (SSSR count). The van der Waals surface area contributed by atoms with Gasteiger partial charge in [0.2, 0.25) is 5.91 Å². The molecule has 1 N–H and O–H groups in total. The van der Waals surface area contributed by atoms with Gasteiger partial charge in [-0.3, -0.25) is 14.7 Å². The molecular formula is C22H25N3O2. The van der Waals surface area contributed by atoms with Crippen molar-refractivity contribution in [2.45, 2.75) is 32.9 Å². The first-order valence-corrected chi connectivity index (χ1v) is 9.56. The second kappa shape index (κ2) is 7.92. The molecule has 0 aliphatic carbocycles. The minimum atomic E-state index is 0.0297. The average Bonchev–Trinajstić information content (AvgIpc) is 3.20. The van der Waals surface area contributed by atoms with Crippen molar-refractivity contribution in [2.75, 3.05) is 13.1 Å². The number of pyridine rings is 1. The first kappa shape index (κ1) is 17.7. The number of fused-ring (bicyclic) bond motifs is 1. The third-order valence-electron chi connectivity index (χ3n) is 5.41. The molecule has 3 aromatic rings. The molecule has 1 aliphatic rings. The van der Waals surface area contributed by atoms with Gasteiger partial charge in [-0.2, -0.15) is 0 Å². The van der Waals surface area contributed by atoms with Crippen molar-refractivity contribution in [1.82, 2.24) is 15.2 Å². The van der Waals surface area contributed by atoms with Gasteiger partial charge in [-0.05, 0) is 61.7 Å². The summed E-state index contributed by atoms with van der Waals surface area (Å²) in [6, 6.07) is 12.0. The summed E-state index contributed by atoms with van der Waals surface area (Å²) < 4.78 is 5.44. The quantitative estimate of drug-likeness (QED) is 0.751. The summed E-state index contributed by atoms with van der Waals surface area (Å²) >= 11 is 0. The lowest BCUT2D eigenvalue weighted by molar-refractivity contribution is -0.127. The van der Waals surface area contributed by atoms with Crippen LogP contribution in [0.3, 0.4) is 0 Å². The number of nitrogens with one attached hydrogen (secondary N) is 1. The van der Waals surface area contributed by atoms with E-state index in [1.54, 1.807) is 12.5 Å². The molecular weight excluding hydrogens is 338 g/mol. The SMILES string of the molecule is Cc1ccc2ncccc2c1CNC(=O)C1CCCN(Cc2ccco2)C1. The molecule has 5 heteroatoms. The number of hydrogen-bond acceptors (Lipinski definition) is 4. The molecule has 1 amide bonds. The Morgan fingerprint density at radius 1 is 1.30 bits per heavy atom. The van der Waals surface area contributed by atoms with Gasteiger partial charge in [0.15, 0.2) is 0 Å². The summed E-state index contributed by atoms with van der Waals surface area (Å²) in [6.45, 7) is 5.19. The second-order valence-corrected chi connectivity index (χ2v) is 7.30. The predicted molar refractivity (Wildman–Crippen MR) is 105 cm³/mol. The Labute approximate surface area is 159 Å². The number of benzene rings is 1. The van der Waals surface area contributed by atoms with E-state index in [4.69, 9.17) is 4.42 Å². The molecule has 1 fully saturated rings. The lowest BCUT2D eigenvalue weighted by Gasteiger charge is -2.31. The maximum absolute atomic E-state index is 12.8. The van der Waals surface area contributed by atoms with Gasteiger partial charge in [0.05, 0.1) is 24.2 Å². The summed E-state index contributed by atoms with van der Waals surface area (Å²) in [5, 5.41) is 4.28. The molecule has 1 saturated heterocycles. The van der Waals surface area contributed by atoms with Gasteiger partial charge in [0, 0.05) is 24.7 Å². The molecule has 0 bridgehead atoms. The third kappa shape index (κ3) is 4.03. The van der Waals surface area contributed by atoms with Crippen LogP contribution >= 0.6 is 0 Å². The van der Waals surface area contributed by atoms with Gasteiger partial charge in [0.25, 0.3) is 0 Å². The molecule has 1 unspecified atom stereocenters. The van der Waals surface area contributed by atoms with E-state index in [2.05, 4.69) is 34.3 Å². The number of piperidine rings is 1. The molecule has 140 valence electrons. The number of carbonyl (C=O) groups is 1. The van der Waals surface area contributed by atoms with Crippen LogP contribution in [-0.2, 0) is 17.9 Å². The molecule has 3 heterocycles. The number of likely N-dealkylation sites (tertiary alicyclic amines) is 1. The van der Waals surface area contributed by atoms with E-state index >= 15 is 0 Å². The van der Waals surface area contributed by atoms with E-state index in [1.165, 1.54) is 5.56 Å². The molecule has 0 saturated carbocycles. The van der Waals surface area contributed by atoms with Crippen LogP contribution < -0.4 is 5.32 Å². The van der Waals surface area contributed by atoms with Crippen molar-refractivity contribution >= 4 is 16.8 Å². The normalized spacial score (nSPS) is 17.9. The predicted octanol–water partition coefficient (Wildman–Crippen LogP) is 3.66. The fourth-order valence-corrected chi connectivity index (χ4v) is 3.91. The molecule has 1 aliphatic heterocycles. The Morgan fingerprint density at radius 2 is 2.22 bits per heavy atom. The van der Waals surface area contributed by atoms with Gasteiger partial charge in [-0.15, -0.1) is 0 Å². The maximum atomic E-state index is 12.8. The minimum absolute atomic E-state index is 0.0297. The highest BCUT2D eigenvalue weighted by molar-refractivity contribution is 5.84. The van der Waals surface area contributed by atoms with E-state index in [1.807, 2.05) is 24.3 Å². The lowest BCUT2D eigenvalue weighted by Crippen LogP contribution is -2.42. The van der Waals surface area contributed by atoms with Crippen LogP contribution in [0.4, 0.5) is 0 Å². The van der Waals surface area contributed by atoms with E-state index in [0.29, 0.717) is 6.54 Å². The number of nitrogens with zero attached hydrogens (tertiary/aromatic N) is 2. The molecule has 1 aromatic carbocycles. The van der Waals surface area contributed by atoms with Crippen LogP contribution in [-0.4, -0.2) is 28.9 Å². The Balaban J connectivity index is 1.40. The fourth-order valence-electron chi connectivity index (χ4n) is 3.91. The Hall–Kier alpha value is -2.66. The first-order valence-electron chi connectivity index (χ1n) is 9.56. The molecule has 0 radical (unpaired) electrons. The average molecular weight is 363 g/mol. The number of furan rings is 1. The zero-order valence-electron chi connectivity index (χ0n) is 15.6. The lowest BCUT2D eigenvalue weighted by atomic mass is 9.96. The van der Waals surface area contributed by atoms with E-state index in [9.17, 15) is 4.79 Å². The smallest absolute Gasteiger partial charge is 0.224 e. The Bertz CT molecular complexity index is 920. The largest absolute Gasteiger partial charge is 0.468 e. The standard InChI is InChI=1S/C22H25N3O2/c1-16-8-9-21-19(7-2-10-23-21)20(16)13-24-22(26)17-5-3-11-25(14-17)15-18-6-4-12-27-18/h2,4,6-10,12,17H,3,5,11,13-15H2,1H3,(H,24,26). The highest BCUT2D eigenvalue weighted by atomic mass is 16.3. The topological polar surface area (TPSA) is 58.4 Å². The molecule has 1 atom stereocenters. The van der Waals surface area contributed by atoms with Crippen LogP contribution in [0.5, 0.6) is 0 Å². The van der Waals surface area contributed by atoms with E-state index < -0.39 is 0 Å². The summed E-state index contributed by atoms with van der Waals surface area (Å²) in [6.07, 6.45) is 5.48. The van der Waals surface area contributed by atoms with E-state index in [0.717, 1.165) is 54.7 Å². The summed E-state index contributed by atoms with van der Waals surface area (Å²) in [4.78, 5) is 19.5. The van der Waals surface area contributed by atoms with Crippen molar-refractivity contribution in [3.05, 3.63) is 65.7 Å². The van der Waals surface area contributed by atoms with Crippen molar-refractivity contribution in [3.63, 3.8) is 0 Å². The van der Waals surface area contributed by atoms with Crippen LogP contribution in [0.2, 0.25) is 0 Å². The minimum Gasteiger partial charge on any atom is -0.468 e. The molecule has 5 nitrogen and oxygen atoms in total. The third-order valence-corrected chi connectivity index (χ3v) is 5.41. The number of carbonyl (C=O) groups excluding carboxylic acids is 1. The number of amides is 1. The van der Waals surface area contributed by atoms with Gasteiger partial charge in [-0.1, -0.05) is 12.1 Å². The number of hydrogen-bond donors (Lipinski definition) is 1. The fraction of sp³-hybridized carbons (Fsp3) is 0.364. The first-order chi connectivity index (χ1) is 13.2. The number of aryl methyl sites for hydroxylation is 1. The summed E-state index contributed by atoms with van der Waals surface area (Å²) in [5.74, 6) is 1.12. The van der Waals surface area contributed by atoms with Gasteiger partial charge >= 0.3 is 0 Å². The molecule has 0 spiro atoms. The van der Waals surface area contributed by atoms with Crippen molar-refractivity contribution in [1.29, 1.82) is 0 Å². The molecule has 2 aromatic heterocycles. The zero-order chi connectivity index (χ0) is 18.6. The van der Waals surface area contributed by atoms with Gasteiger partial charge in [-0.25, -0.2) is 0 Å². The van der Waals surface area contributed by atoms with E-state index in [-0.39, 0.29) is 11.8 Å². The molecule has 27 heavy (non-hydrogen) atoms. The van der Waals surface area contributed by atoms with Crippen LogP contribution in [0.25, 0.3) is 10.9 Å². The van der Waals surface area contributed by atoms with Crippen molar-refractivity contribution in [3.8, 4) is 0 Å². The maximum Gasteiger partial charge on any atom is 0.224 e. The number of rotatable bonds is 5. The van der Waals surface area contributed by atoms with Gasteiger partial charge in [0.1, 0.15) is 5.76 Å². The van der Waals surface area contributed by atoms with Crippen molar-refractivity contribution < 1.29 is 9.21 Å². The Morgan fingerprint density at radius 3 is 3.07 bits per heavy atom.